The van der Waals surface area contributed by atoms with Crippen molar-refractivity contribution < 1.29 is 18.7 Å². The zero-order chi connectivity index (χ0) is 21.3. The molecule has 0 aliphatic carbocycles. The third kappa shape index (κ3) is 3.98. The number of hydrazone groups is 1. The molecule has 30 heavy (non-hydrogen) atoms. The Morgan fingerprint density at radius 2 is 1.83 bits per heavy atom. The van der Waals surface area contributed by atoms with Gasteiger partial charge in [0, 0.05) is 12.5 Å². The van der Waals surface area contributed by atoms with Gasteiger partial charge in [-0.15, -0.1) is 0 Å². The number of carbonyl (C=O) groups excluding carboxylic acids is 1. The minimum Gasteiger partial charge on any atom is -0.497 e. The van der Waals surface area contributed by atoms with Gasteiger partial charge < -0.3 is 13.9 Å². The molecule has 1 amide bonds. The molecule has 0 bridgehead atoms. The number of ether oxygens (including phenoxy) is 2. The second-order valence-corrected chi connectivity index (χ2v) is 7.82. The summed E-state index contributed by atoms with van der Waals surface area (Å²) in [7, 11) is 3.20. The lowest BCUT2D eigenvalue weighted by molar-refractivity contribution is 0.0676. The van der Waals surface area contributed by atoms with Crippen LogP contribution in [0.2, 0.25) is 0 Å². The Hall–Kier alpha value is -3.06. The Balaban J connectivity index is 1.77. The first kappa shape index (κ1) is 20.2. The standard InChI is InChI=1S/C23H21BrN2O4/c1-14-5-4-6-15(9-14)19-13-20(16-10-17(28-2)12-18(11-16)29-3)26(25-19)23(27)21-7-8-22(24)30-21/h4-12,20H,13H2,1-3H3/t20-/m0/s1. The Morgan fingerprint density at radius 1 is 1.10 bits per heavy atom. The zero-order valence-electron chi connectivity index (χ0n) is 16.9. The van der Waals surface area contributed by atoms with Gasteiger partial charge in [0.2, 0.25) is 0 Å². The van der Waals surface area contributed by atoms with Gasteiger partial charge in [0.05, 0.1) is 26.0 Å². The molecule has 2 heterocycles. The molecule has 2 aromatic carbocycles. The number of hydrogen-bond acceptors (Lipinski definition) is 5. The Morgan fingerprint density at radius 3 is 2.43 bits per heavy atom. The maximum atomic E-state index is 13.2. The molecule has 0 fully saturated rings. The fourth-order valence-corrected chi connectivity index (χ4v) is 3.83. The first-order valence-electron chi connectivity index (χ1n) is 9.45. The molecule has 0 unspecified atom stereocenters. The van der Waals surface area contributed by atoms with Crippen LogP contribution in [-0.2, 0) is 0 Å². The van der Waals surface area contributed by atoms with Crippen LogP contribution in [0.3, 0.4) is 0 Å². The summed E-state index contributed by atoms with van der Waals surface area (Å²) in [4.78, 5) is 13.2. The number of halogens is 1. The predicted octanol–water partition coefficient (Wildman–Crippen LogP) is 5.36. The van der Waals surface area contributed by atoms with Crippen molar-refractivity contribution in [3.63, 3.8) is 0 Å². The van der Waals surface area contributed by atoms with E-state index >= 15 is 0 Å². The van der Waals surface area contributed by atoms with Crippen molar-refractivity contribution in [2.24, 2.45) is 5.10 Å². The highest BCUT2D eigenvalue weighted by molar-refractivity contribution is 9.10. The number of methoxy groups -OCH3 is 2. The van der Waals surface area contributed by atoms with Crippen molar-refractivity contribution in [3.05, 3.63) is 81.7 Å². The molecule has 0 saturated carbocycles. The Kier molecular flexibility index (Phi) is 5.63. The maximum absolute atomic E-state index is 13.2. The highest BCUT2D eigenvalue weighted by Gasteiger charge is 2.35. The number of aryl methyl sites for hydroxylation is 1. The van der Waals surface area contributed by atoms with Crippen molar-refractivity contribution in [1.29, 1.82) is 0 Å². The maximum Gasteiger partial charge on any atom is 0.310 e. The lowest BCUT2D eigenvalue weighted by atomic mass is 9.97. The third-order valence-electron chi connectivity index (χ3n) is 5.01. The summed E-state index contributed by atoms with van der Waals surface area (Å²) in [5.74, 6) is 1.22. The molecule has 4 rings (SSSR count). The molecule has 1 aromatic heterocycles. The van der Waals surface area contributed by atoms with E-state index in [9.17, 15) is 4.79 Å². The summed E-state index contributed by atoms with van der Waals surface area (Å²) in [5.41, 5.74) is 3.83. The number of amides is 1. The molecule has 0 N–H and O–H groups in total. The van der Waals surface area contributed by atoms with Gasteiger partial charge in [-0.25, -0.2) is 5.01 Å². The predicted molar refractivity (Wildman–Crippen MR) is 117 cm³/mol. The van der Waals surface area contributed by atoms with Gasteiger partial charge in [-0.2, -0.15) is 5.10 Å². The summed E-state index contributed by atoms with van der Waals surface area (Å²) in [6.07, 6.45) is 0.563. The number of nitrogens with zero attached hydrogens (tertiary/aromatic N) is 2. The van der Waals surface area contributed by atoms with Crippen LogP contribution in [0.15, 0.2) is 68.8 Å². The average molecular weight is 469 g/mol. The van der Waals surface area contributed by atoms with Gasteiger partial charge in [-0.3, -0.25) is 4.79 Å². The van der Waals surface area contributed by atoms with Crippen LogP contribution in [-0.4, -0.2) is 30.8 Å². The minimum atomic E-state index is -0.319. The SMILES string of the molecule is COc1cc(OC)cc([C@@H]2CC(c3cccc(C)c3)=NN2C(=O)c2ccc(Br)o2)c1. The van der Waals surface area contributed by atoms with E-state index in [1.165, 1.54) is 5.01 Å². The fraction of sp³-hybridized carbons (Fsp3) is 0.217. The van der Waals surface area contributed by atoms with E-state index in [4.69, 9.17) is 19.0 Å². The molecule has 0 saturated heterocycles. The van der Waals surface area contributed by atoms with Crippen LogP contribution in [0.1, 0.15) is 39.7 Å². The summed E-state index contributed by atoms with van der Waals surface area (Å²) < 4.78 is 16.8. The van der Waals surface area contributed by atoms with Crippen molar-refractivity contribution in [2.45, 2.75) is 19.4 Å². The minimum absolute atomic E-state index is 0.218. The van der Waals surface area contributed by atoms with Gasteiger partial charge in [0.1, 0.15) is 11.5 Å². The first-order chi connectivity index (χ1) is 14.5. The van der Waals surface area contributed by atoms with Gasteiger partial charge >= 0.3 is 5.91 Å². The van der Waals surface area contributed by atoms with Crippen molar-refractivity contribution >= 4 is 27.5 Å². The molecule has 1 atom stereocenters. The molecular formula is C23H21BrN2O4. The van der Waals surface area contributed by atoms with Gasteiger partial charge in [0.25, 0.3) is 0 Å². The summed E-state index contributed by atoms with van der Waals surface area (Å²) >= 11 is 3.26. The van der Waals surface area contributed by atoms with E-state index in [0.29, 0.717) is 22.6 Å². The second-order valence-electron chi connectivity index (χ2n) is 7.04. The topological polar surface area (TPSA) is 64.3 Å². The normalized spacial score (nSPS) is 15.8. The van der Waals surface area contributed by atoms with E-state index in [-0.39, 0.29) is 17.7 Å². The van der Waals surface area contributed by atoms with Crippen molar-refractivity contribution in [2.75, 3.05) is 14.2 Å². The Labute approximate surface area is 183 Å². The number of rotatable bonds is 5. The monoisotopic (exact) mass is 468 g/mol. The largest absolute Gasteiger partial charge is 0.497 e. The number of furan rings is 1. The van der Waals surface area contributed by atoms with Gasteiger partial charge in [-0.05, 0) is 58.2 Å². The number of carbonyl (C=O) groups is 1. The molecule has 6 nitrogen and oxygen atoms in total. The summed E-state index contributed by atoms with van der Waals surface area (Å²) in [5, 5.41) is 6.18. The number of benzene rings is 2. The van der Waals surface area contributed by atoms with E-state index in [1.54, 1.807) is 32.4 Å². The fourth-order valence-electron chi connectivity index (χ4n) is 3.52. The van der Waals surface area contributed by atoms with E-state index in [1.807, 2.05) is 37.3 Å². The highest BCUT2D eigenvalue weighted by Crippen LogP contribution is 2.37. The van der Waals surface area contributed by atoms with Crippen LogP contribution >= 0.6 is 15.9 Å². The van der Waals surface area contributed by atoms with Crippen LogP contribution in [0, 0.1) is 6.92 Å². The van der Waals surface area contributed by atoms with Gasteiger partial charge in [0.15, 0.2) is 10.4 Å². The lowest BCUT2D eigenvalue weighted by Crippen LogP contribution is -2.26. The third-order valence-corrected chi connectivity index (χ3v) is 5.44. The zero-order valence-corrected chi connectivity index (χ0v) is 18.5. The van der Waals surface area contributed by atoms with Crippen LogP contribution in [0.25, 0.3) is 0 Å². The molecule has 0 spiro atoms. The smallest absolute Gasteiger partial charge is 0.310 e. The molecule has 0 radical (unpaired) electrons. The number of hydrogen-bond donors (Lipinski definition) is 0. The summed E-state index contributed by atoms with van der Waals surface area (Å²) in [6.45, 7) is 2.03. The Bertz CT molecular complexity index is 1100. The van der Waals surface area contributed by atoms with E-state index in [2.05, 4.69) is 22.0 Å². The molecular weight excluding hydrogens is 448 g/mol. The van der Waals surface area contributed by atoms with Crippen LogP contribution < -0.4 is 9.47 Å². The molecule has 1 aliphatic rings. The second kappa shape index (κ2) is 8.36. The average Bonchev–Trinajstić information content (AvgIpc) is 3.39. The van der Waals surface area contributed by atoms with E-state index in [0.717, 1.165) is 22.4 Å². The molecule has 154 valence electrons. The quantitative estimate of drug-likeness (QED) is 0.505. The lowest BCUT2D eigenvalue weighted by Gasteiger charge is -2.22. The van der Waals surface area contributed by atoms with Crippen molar-refractivity contribution in [3.8, 4) is 11.5 Å². The molecule has 1 aliphatic heterocycles. The molecule has 7 heteroatoms. The van der Waals surface area contributed by atoms with E-state index < -0.39 is 0 Å². The van der Waals surface area contributed by atoms with Crippen LogP contribution in [0.5, 0.6) is 11.5 Å². The molecule has 3 aromatic rings. The van der Waals surface area contributed by atoms with Gasteiger partial charge in [-0.1, -0.05) is 29.8 Å². The summed E-state index contributed by atoms with van der Waals surface area (Å²) in [6, 6.07) is 16.7. The first-order valence-corrected chi connectivity index (χ1v) is 10.2. The van der Waals surface area contributed by atoms with Crippen molar-refractivity contribution in [1.82, 2.24) is 5.01 Å². The van der Waals surface area contributed by atoms with Crippen LogP contribution in [0.4, 0.5) is 0 Å². The highest BCUT2D eigenvalue weighted by atomic mass is 79.9.